The maximum atomic E-state index is 11.9. The first-order chi connectivity index (χ1) is 7.93. The van der Waals surface area contributed by atoms with Gasteiger partial charge in [-0.05, 0) is 27.2 Å². The van der Waals surface area contributed by atoms with Crippen LogP contribution in [0.25, 0.3) is 0 Å². The number of hydrogen-bond acceptors (Lipinski definition) is 4. The minimum absolute atomic E-state index is 0.113. The molecule has 3 unspecified atom stereocenters. The van der Waals surface area contributed by atoms with Crippen LogP contribution in [0.4, 0.5) is 0 Å². The lowest BCUT2D eigenvalue weighted by Crippen LogP contribution is -2.45. The van der Waals surface area contributed by atoms with Gasteiger partial charge in [-0.3, -0.25) is 9.79 Å². The van der Waals surface area contributed by atoms with Crippen LogP contribution in [0.3, 0.4) is 0 Å². The van der Waals surface area contributed by atoms with Gasteiger partial charge in [-0.2, -0.15) is 0 Å². The first kappa shape index (κ1) is 14.4. The fourth-order valence-electron chi connectivity index (χ4n) is 1.81. The molecule has 1 aliphatic heterocycles. The Labute approximate surface area is 108 Å². The lowest BCUT2D eigenvalue weighted by molar-refractivity contribution is -0.131. The zero-order valence-electron chi connectivity index (χ0n) is 11.4. The van der Waals surface area contributed by atoms with Gasteiger partial charge in [0.1, 0.15) is 6.04 Å². The minimum Gasteiger partial charge on any atom is -0.353 e. The second kappa shape index (κ2) is 6.28. The van der Waals surface area contributed by atoms with E-state index in [1.165, 1.54) is 0 Å². The summed E-state index contributed by atoms with van der Waals surface area (Å²) in [5.41, 5.74) is 0. The normalized spacial score (nSPS) is 26.1. The van der Waals surface area contributed by atoms with Crippen LogP contribution in [-0.4, -0.2) is 46.9 Å². The quantitative estimate of drug-likeness (QED) is 0.837. The maximum absolute atomic E-state index is 11.9. The third-order valence-corrected chi connectivity index (χ3v) is 3.93. The highest BCUT2D eigenvalue weighted by atomic mass is 32.2. The number of hydrogen-bond donors (Lipinski definition) is 1. The molecule has 1 N–H and O–H groups in total. The highest BCUT2D eigenvalue weighted by molar-refractivity contribution is 8.14. The van der Waals surface area contributed by atoms with E-state index in [2.05, 4.69) is 24.2 Å². The topological polar surface area (TPSA) is 44.7 Å². The summed E-state index contributed by atoms with van der Waals surface area (Å²) in [7, 11) is 1.82. The van der Waals surface area contributed by atoms with E-state index < -0.39 is 0 Å². The molecule has 98 valence electrons. The number of nitrogens with zero attached hydrogens (tertiary/aromatic N) is 2. The van der Waals surface area contributed by atoms with Gasteiger partial charge in [-0.1, -0.05) is 18.7 Å². The van der Waals surface area contributed by atoms with Crippen molar-refractivity contribution in [1.82, 2.24) is 10.2 Å². The average Bonchev–Trinajstić information content (AvgIpc) is 2.25. The zero-order chi connectivity index (χ0) is 13.0. The predicted molar refractivity (Wildman–Crippen MR) is 74.5 cm³/mol. The molecule has 4 nitrogen and oxygen atoms in total. The second-order valence-corrected chi connectivity index (χ2v) is 6.09. The van der Waals surface area contributed by atoms with Crippen LogP contribution < -0.4 is 5.32 Å². The van der Waals surface area contributed by atoms with Crippen LogP contribution in [0, 0.1) is 0 Å². The molecule has 0 aromatic carbocycles. The van der Waals surface area contributed by atoms with Crippen LogP contribution in [0.15, 0.2) is 4.99 Å². The molecule has 0 fully saturated rings. The number of likely N-dealkylation sites (N-methyl/N-ethyl adjacent to an activating group) is 1. The molecule has 0 aliphatic carbocycles. The van der Waals surface area contributed by atoms with Crippen LogP contribution >= 0.6 is 11.8 Å². The van der Waals surface area contributed by atoms with Gasteiger partial charge in [0.05, 0.1) is 6.04 Å². The molecule has 0 radical (unpaired) electrons. The summed E-state index contributed by atoms with van der Waals surface area (Å²) in [5.74, 6) is 0.113. The monoisotopic (exact) mass is 257 g/mol. The van der Waals surface area contributed by atoms with E-state index in [0.29, 0.717) is 11.3 Å². The third kappa shape index (κ3) is 4.22. The van der Waals surface area contributed by atoms with Gasteiger partial charge >= 0.3 is 0 Å². The van der Waals surface area contributed by atoms with Crippen molar-refractivity contribution in [2.24, 2.45) is 4.99 Å². The van der Waals surface area contributed by atoms with E-state index in [1.54, 1.807) is 16.7 Å². The predicted octanol–water partition coefficient (Wildman–Crippen LogP) is 1.71. The second-order valence-electron chi connectivity index (χ2n) is 4.67. The maximum Gasteiger partial charge on any atom is 0.244 e. The number of nitrogens with one attached hydrogen (secondary N) is 1. The first-order valence-electron chi connectivity index (χ1n) is 6.20. The molecule has 0 saturated heterocycles. The summed E-state index contributed by atoms with van der Waals surface area (Å²) < 4.78 is 0. The standard InChI is InChI=1S/C12H23N3OS/c1-6-15(5)11(16)10(4)14-12-13-8(2)7-9(3)17-12/h8-10H,6-7H2,1-5H3,(H,13,14). The van der Waals surface area contributed by atoms with Crippen LogP contribution in [0.5, 0.6) is 0 Å². The first-order valence-corrected chi connectivity index (χ1v) is 7.08. The van der Waals surface area contributed by atoms with Crippen molar-refractivity contribution in [2.45, 2.75) is 51.4 Å². The zero-order valence-corrected chi connectivity index (χ0v) is 12.2. The van der Waals surface area contributed by atoms with E-state index in [4.69, 9.17) is 0 Å². The van der Waals surface area contributed by atoms with Gasteiger partial charge in [0.25, 0.3) is 0 Å². The van der Waals surface area contributed by atoms with Gasteiger partial charge in [0.15, 0.2) is 5.17 Å². The summed E-state index contributed by atoms with van der Waals surface area (Å²) in [4.78, 5) is 18.2. The number of amides is 1. The van der Waals surface area contributed by atoms with Crippen molar-refractivity contribution in [1.29, 1.82) is 0 Å². The van der Waals surface area contributed by atoms with E-state index in [9.17, 15) is 4.79 Å². The molecule has 3 atom stereocenters. The van der Waals surface area contributed by atoms with Crippen molar-refractivity contribution in [3.05, 3.63) is 0 Å². The molecule has 1 amide bonds. The van der Waals surface area contributed by atoms with Crippen molar-refractivity contribution in [3.8, 4) is 0 Å². The Bertz CT molecular complexity index is 306. The number of aliphatic imine (C=N–C) groups is 1. The van der Waals surface area contributed by atoms with Crippen LogP contribution in [0.1, 0.15) is 34.1 Å². The van der Waals surface area contributed by atoms with Crippen molar-refractivity contribution in [2.75, 3.05) is 13.6 Å². The van der Waals surface area contributed by atoms with E-state index >= 15 is 0 Å². The summed E-state index contributed by atoms with van der Waals surface area (Å²) >= 11 is 1.72. The summed E-state index contributed by atoms with van der Waals surface area (Å²) in [6.07, 6.45) is 1.10. The number of thioether (sulfide) groups is 1. The Kier molecular flexibility index (Phi) is 5.31. The Hall–Kier alpha value is -0.710. The number of amidine groups is 1. The van der Waals surface area contributed by atoms with Gasteiger partial charge in [-0.15, -0.1) is 0 Å². The van der Waals surface area contributed by atoms with Crippen molar-refractivity contribution in [3.63, 3.8) is 0 Å². The number of carbonyl (C=O) groups excluding carboxylic acids is 1. The fraction of sp³-hybridized carbons (Fsp3) is 0.833. The molecular formula is C12H23N3OS. The SMILES string of the molecule is CCN(C)C(=O)C(C)NC1=NC(C)CC(C)S1. The van der Waals surface area contributed by atoms with Crippen molar-refractivity contribution >= 4 is 22.8 Å². The van der Waals surface area contributed by atoms with Gasteiger partial charge in [-0.25, -0.2) is 0 Å². The fourth-order valence-corrected chi connectivity index (χ4v) is 3.05. The summed E-state index contributed by atoms with van der Waals surface area (Å²) in [6.45, 7) is 8.91. The Morgan fingerprint density at radius 1 is 1.65 bits per heavy atom. The smallest absolute Gasteiger partial charge is 0.244 e. The van der Waals surface area contributed by atoms with Crippen LogP contribution in [-0.2, 0) is 4.79 Å². The van der Waals surface area contributed by atoms with Gasteiger partial charge in [0, 0.05) is 18.8 Å². The molecule has 0 saturated carbocycles. The highest BCUT2D eigenvalue weighted by Crippen LogP contribution is 2.24. The molecule has 0 aromatic heterocycles. The average molecular weight is 257 g/mol. The minimum atomic E-state index is -0.205. The van der Waals surface area contributed by atoms with E-state index in [0.717, 1.165) is 18.1 Å². The number of rotatable bonds is 3. The summed E-state index contributed by atoms with van der Waals surface area (Å²) in [5, 5.41) is 4.69. The lowest BCUT2D eigenvalue weighted by atomic mass is 10.2. The Morgan fingerprint density at radius 3 is 2.82 bits per heavy atom. The highest BCUT2D eigenvalue weighted by Gasteiger charge is 2.22. The van der Waals surface area contributed by atoms with Gasteiger partial charge < -0.3 is 10.2 Å². The largest absolute Gasteiger partial charge is 0.353 e. The molecule has 17 heavy (non-hydrogen) atoms. The van der Waals surface area contributed by atoms with Crippen LogP contribution in [0.2, 0.25) is 0 Å². The molecule has 0 aromatic rings. The Morgan fingerprint density at radius 2 is 2.29 bits per heavy atom. The van der Waals surface area contributed by atoms with Gasteiger partial charge in [0.2, 0.25) is 5.91 Å². The molecule has 0 spiro atoms. The number of carbonyl (C=O) groups is 1. The van der Waals surface area contributed by atoms with E-state index in [1.807, 2.05) is 20.9 Å². The molecule has 5 heteroatoms. The van der Waals surface area contributed by atoms with E-state index in [-0.39, 0.29) is 11.9 Å². The molecule has 1 heterocycles. The Balaban J connectivity index is 2.56. The molecule has 1 rings (SSSR count). The molecule has 1 aliphatic rings. The lowest BCUT2D eigenvalue weighted by Gasteiger charge is -2.26. The van der Waals surface area contributed by atoms with Crippen molar-refractivity contribution < 1.29 is 4.79 Å². The molecular weight excluding hydrogens is 234 g/mol. The summed E-state index contributed by atoms with van der Waals surface area (Å²) in [6, 6.07) is 0.142. The molecule has 0 bridgehead atoms. The third-order valence-electron chi connectivity index (χ3n) is 2.88.